The lowest BCUT2D eigenvalue weighted by molar-refractivity contribution is -0.119. The van der Waals surface area contributed by atoms with E-state index in [1.165, 1.54) is 17.1 Å². The molecule has 2 heterocycles. The van der Waals surface area contributed by atoms with Crippen molar-refractivity contribution in [2.45, 2.75) is 38.0 Å². The molecule has 0 saturated heterocycles. The summed E-state index contributed by atoms with van der Waals surface area (Å²) in [6.45, 7) is -0.639. The smallest absolute Gasteiger partial charge is 0.340 e. The highest BCUT2D eigenvalue weighted by Crippen LogP contribution is 2.47. The van der Waals surface area contributed by atoms with Crippen LogP contribution < -0.4 is 20.1 Å². The number of ether oxygens (including phenoxy) is 3. The molecule has 35 heavy (non-hydrogen) atoms. The number of carbonyl (C=O) groups excluding carboxylic acids is 3. The summed E-state index contributed by atoms with van der Waals surface area (Å²) >= 11 is 0. The number of hydrogen-bond donors (Lipinski definition) is 2. The zero-order chi connectivity index (χ0) is 24.3. The number of esters is 1. The quantitative estimate of drug-likeness (QED) is 0.488. The number of amides is 2. The lowest BCUT2D eigenvalue weighted by Crippen LogP contribution is -2.34. The number of hydrogen-bond acceptors (Lipinski definition) is 9. The number of aromatic nitrogens is 4. The predicted molar refractivity (Wildman–Crippen MR) is 121 cm³/mol. The number of benzene rings is 2. The maximum Gasteiger partial charge on any atom is 0.340 e. The molecule has 0 radical (unpaired) electrons. The Morgan fingerprint density at radius 3 is 2.60 bits per heavy atom. The zero-order valence-electron chi connectivity index (χ0n) is 18.6. The van der Waals surface area contributed by atoms with Crippen molar-refractivity contribution in [3.8, 4) is 11.5 Å². The summed E-state index contributed by atoms with van der Waals surface area (Å²) in [6.07, 6.45) is 5.06. The highest BCUT2D eigenvalue weighted by molar-refractivity contribution is 6.02. The van der Waals surface area contributed by atoms with Crippen molar-refractivity contribution in [2.75, 3.05) is 17.2 Å². The minimum atomic E-state index is -0.757. The molecule has 1 saturated carbocycles. The molecule has 180 valence electrons. The molecule has 2 aliphatic rings. The molecule has 12 heteroatoms. The van der Waals surface area contributed by atoms with E-state index in [1.807, 2.05) is 0 Å². The number of para-hydroxylation sites is 1. The van der Waals surface area contributed by atoms with Gasteiger partial charge >= 0.3 is 5.97 Å². The van der Waals surface area contributed by atoms with Gasteiger partial charge in [-0.1, -0.05) is 12.1 Å². The fourth-order valence-electron chi connectivity index (χ4n) is 4.05. The Bertz CT molecular complexity index is 1260. The van der Waals surface area contributed by atoms with Crippen molar-refractivity contribution >= 4 is 29.2 Å². The predicted octanol–water partition coefficient (Wildman–Crippen LogP) is 2.15. The van der Waals surface area contributed by atoms with Gasteiger partial charge in [0.15, 0.2) is 18.1 Å². The molecule has 12 nitrogen and oxygen atoms in total. The van der Waals surface area contributed by atoms with Crippen LogP contribution >= 0.6 is 0 Å². The van der Waals surface area contributed by atoms with Crippen LogP contribution in [0.25, 0.3) is 0 Å². The van der Waals surface area contributed by atoms with E-state index in [1.54, 1.807) is 36.4 Å². The lowest BCUT2D eigenvalue weighted by atomic mass is 10.2. The molecule has 0 unspecified atom stereocenters. The van der Waals surface area contributed by atoms with Crippen LogP contribution in [-0.2, 0) is 20.9 Å². The minimum absolute atomic E-state index is 0.107. The highest BCUT2D eigenvalue weighted by atomic mass is 16.7. The number of tetrazole rings is 1. The van der Waals surface area contributed by atoms with E-state index >= 15 is 0 Å². The first-order chi connectivity index (χ1) is 17.0. The third kappa shape index (κ3) is 5.05. The zero-order valence-corrected chi connectivity index (χ0v) is 18.6. The number of anilines is 2. The number of nitrogens with zero attached hydrogens (tertiary/aromatic N) is 4. The van der Waals surface area contributed by atoms with Crippen LogP contribution in [0.5, 0.6) is 11.5 Å². The van der Waals surface area contributed by atoms with E-state index < -0.39 is 30.2 Å². The molecular weight excluding hydrogens is 456 g/mol. The van der Waals surface area contributed by atoms with Gasteiger partial charge < -0.3 is 24.8 Å². The first-order valence-corrected chi connectivity index (χ1v) is 11.1. The SMILES string of the molecule is O=C(COC(=O)c1ccccc1NC(=O)Cn1cnnn1)Nc1ccc2c(c1)OC1(CCCC1)O2. The second-order valence-corrected chi connectivity index (χ2v) is 8.21. The van der Waals surface area contributed by atoms with Crippen molar-refractivity contribution < 1.29 is 28.6 Å². The summed E-state index contributed by atoms with van der Waals surface area (Å²) in [7, 11) is 0. The average Bonchev–Trinajstić information content (AvgIpc) is 3.59. The van der Waals surface area contributed by atoms with Gasteiger partial charge in [-0.05, 0) is 47.5 Å². The highest BCUT2D eigenvalue weighted by Gasteiger charge is 2.44. The minimum Gasteiger partial charge on any atom is -0.452 e. The van der Waals surface area contributed by atoms with Gasteiger partial charge in [0.25, 0.3) is 11.7 Å². The van der Waals surface area contributed by atoms with Crippen LogP contribution in [0.1, 0.15) is 36.0 Å². The third-order valence-corrected chi connectivity index (χ3v) is 5.64. The number of carbonyl (C=O) groups is 3. The monoisotopic (exact) mass is 478 g/mol. The van der Waals surface area contributed by atoms with Gasteiger partial charge in [0, 0.05) is 24.6 Å². The first-order valence-electron chi connectivity index (χ1n) is 11.1. The van der Waals surface area contributed by atoms with Gasteiger partial charge in [-0.15, -0.1) is 5.10 Å². The molecule has 2 aromatic carbocycles. The van der Waals surface area contributed by atoms with Gasteiger partial charge in [-0.2, -0.15) is 0 Å². The van der Waals surface area contributed by atoms with Crippen LogP contribution in [0.3, 0.4) is 0 Å². The van der Waals surface area contributed by atoms with Gasteiger partial charge in [-0.25, -0.2) is 9.48 Å². The fraction of sp³-hybridized carbons (Fsp3) is 0.304. The molecule has 2 N–H and O–H groups in total. The summed E-state index contributed by atoms with van der Waals surface area (Å²) in [5.74, 6) is -1.07. The summed E-state index contributed by atoms with van der Waals surface area (Å²) in [5, 5.41) is 15.8. The Labute approximate surface area is 199 Å². The van der Waals surface area contributed by atoms with Crippen LogP contribution in [0.4, 0.5) is 11.4 Å². The average molecular weight is 478 g/mol. The molecule has 1 aromatic heterocycles. The molecule has 0 atom stereocenters. The first kappa shape index (κ1) is 22.3. The van der Waals surface area contributed by atoms with Gasteiger partial charge in [0.1, 0.15) is 12.9 Å². The standard InChI is InChI=1S/C23H22N6O6/c30-20(12-29-14-24-27-28-29)26-17-6-2-1-5-16(17)22(32)33-13-21(31)25-15-7-8-18-19(11-15)35-23(34-18)9-3-4-10-23/h1-2,5-8,11,14H,3-4,9-10,12-13H2,(H,25,31)(H,26,30). The molecule has 1 aliphatic heterocycles. The second kappa shape index (κ2) is 9.41. The number of nitrogens with one attached hydrogen (secondary N) is 2. The summed E-state index contributed by atoms with van der Waals surface area (Å²) in [5.41, 5.74) is 0.849. The number of rotatable bonds is 7. The van der Waals surface area contributed by atoms with Gasteiger partial charge in [0.05, 0.1) is 11.3 Å². The van der Waals surface area contributed by atoms with E-state index in [0.717, 1.165) is 25.7 Å². The van der Waals surface area contributed by atoms with Crippen molar-refractivity contribution in [3.05, 3.63) is 54.4 Å². The summed E-state index contributed by atoms with van der Waals surface area (Å²) in [4.78, 5) is 37.2. The molecule has 1 aliphatic carbocycles. The maximum atomic E-state index is 12.6. The second-order valence-electron chi connectivity index (χ2n) is 8.21. The fourth-order valence-corrected chi connectivity index (χ4v) is 4.05. The molecule has 5 rings (SSSR count). The van der Waals surface area contributed by atoms with Crippen molar-refractivity contribution in [1.29, 1.82) is 0 Å². The Morgan fingerprint density at radius 1 is 1.00 bits per heavy atom. The topological polar surface area (TPSA) is 147 Å². The van der Waals surface area contributed by atoms with E-state index in [-0.39, 0.29) is 17.8 Å². The van der Waals surface area contributed by atoms with Crippen molar-refractivity contribution in [2.24, 2.45) is 0 Å². The largest absolute Gasteiger partial charge is 0.452 e. The Balaban J connectivity index is 1.15. The van der Waals surface area contributed by atoms with Crippen molar-refractivity contribution in [1.82, 2.24) is 20.2 Å². The normalized spacial score (nSPS) is 15.1. The van der Waals surface area contributed by atoms with E-state index in [2.05, 4.69) is 26.2 Å². The third-order valence-electron chi connectivity index (χ3n) is 5.64. The summed E-state index contributed by atoms with van der Waals surface area (Å²) in [6, 6.07) is 11.5. The summed E-state index contributed by atoms with van der Waals surface area (Å²) < 4.78 is 18.4. The Morgan fingerprint density at radius 2 is 1.80 bits per heavy atom. The molecule has 3 aromatic rings. The van der Waals surface area contributed by atoms with E-state index in [4.69, 9.17) is 14.2 Å². The van der Waals surface area contributed by atoms with Crippen LogP contribution in [-0.4, -0.2) is 50.4 Å². The van der Waals surface area contributed by atoms with Crippen molar-refractivity contribution in [3.63, 3.8) is 0 Å². The van der Waals surface area contributed by atoms with Gasteiger partial charge in [-0.3, -0.25) is 9.59 Å². The lowest BCUT2D eigenvalue weighted by Gasteiger charge is -2.21. The van der Waals surface area contributed by atoms with Crippen LogP contribution in [0.15, 0.2) is 48.8 Å². The molecule has 1 fully saturated rings. The Hall–Kier alpha value is -4.48. The molecule has 1 spiro atoms. The van der Waals surface area contributed by atoms with Crippen LogP contribution in [0, 0.1) is 0 Å². The van der Waals surface area contributed by atoms with E-state index in [9.17, 15) is 14.4 Å². The van der Waals surface area contributed by atoms with E-state index in [0.29, 0.717) is 17.2 Å². The molecule has 0 bridgehead atoms. The number of fused-ring (bicyclic) bond motifs is 1. The Kier molecular flexibility index (Phi) is 6.00. The van der Waals surface area contributed by atoms with Gasteiger partial charge in [0.2, 0.25) is 5.91 Å². The molecule has 2 amide bonds. The van der Waals surface area contributed by atoms with Crippen LogP contribution in [0.2, 0.25) is 0 Å². The molecular formula is C23H22N6O6. The maximum absolute atomic E-state index is 12.6.